The van der Waals surface area contributed by atoms with Gasteiger partial charge in [0.05, 0.1) is 5.56 Å². The minimum Gasteiger partial charge on any atom is -0.383 e. The normalized spacial score (nSPS) is 10.3. The molecule has 1 rings (SSSR count). The maximum atomic E-state index is 13.2. The van der Waals surface area contributed by atoms with E-state index >= 15 is 0 Å². The molecule has 0 radical (unpaired) electrons. The van der Waals surface area contributed by atoms with Crippen LogP contribution in [0.4, 0.5) is 10.1 Å². The third kappa shape index (κ3) is 2.45. The number of nitrogens with one attached hydrogen (secondary N) is 1. The van der Waals surface area contributed by atoms with Gasteiger partial charge in [-0.25, -0.2) is 4.39 Å². The molecule has 1 aromatic rings. The molecule has 1 aromatic carbocycles. The van der Waals surface area contributed by atoms with Crippen molar-refractivity contribution in [1.82, 2.24) is 0 Å². The molecule has 3 N–H and O–H groups in total. The Balaban J connectivity index is 2.94. The van der Waals surface area contributed by atoms with E-state index in [1.54, 1.807) is 6.07 Å². The topological polar surface area (TPSA) is 55.1 Å². The van der Waals surface area contributed by atoms with E-state index in [1.165, 1.54) is 12.1 Å². The van der Waals surface area contributed by atoms with Gasteiger partial charge < -0.3 is 11.1 Å². The van der Waals surface area contributed by atoms with Crippen molar-refractivity contribution in [2.75, 3.05) is 5.32 Å². The van der Waals surface area contributed by atoms with E-state index < -0.39 is 11.7 Å². The van der Waals surface area contributed by atoms with Gasteiger partial charge >= 0.3 is 0 Å². The standard InChI is InChI=1S/C10H13FN2O/c1-6(2)13-7-3-4-8(10(12)14)9(11)5-7/h3-6,13H,1-2H3,(H2,12,14). The molecule has 0 atom stereocenters. The van der Waals surface area contributed by atoms with Crippen molar-refractivity contribution in [1.29, 1.82) is 0 Å². The largest absolute Gasteiger partial charge is 0.383 e. The number of hydrogen-bond donors (Lipinski definition) is 2. The van der Waals surface area contributed by atoms with Gasteiger partial charge in [-0.3, -0.25) is 4.79 Å². The molecule has 0 spiro atoms. The van der Waals surface area contributed by atoms with Crippen molar-refractivity contribution in [3.05, 3.63) is 29.6 Å². The molecular formula is C10H13FN2O. The highest BCUT2D eigenvalue weighted by atomic mass is 19.1. The average Bonchev–Trinajstić information content (AvgIpc) is 2.01. The molecule has 0 saturated carbocycles. The molecule has 0 aliphatic carbocycles. The highest BCUT2D eigenvalue weighted by Crippen LogP contribution is 2.14. The molecule has 0 aliphatic rings. The van der Waals surface area contributed by atoms with Gasteiger partial charge in [-0.05, 0) is 32.0 Å². The second-order valence-corrected chi connectivity index (χ2v) is 3.36. The van der Waals surface area contributed by atoms with Gasteiger partial charge in [0.1, 0.15) is 5.82 Å². The molecule has 0 heterocycles. The van der Waals surface area contributed by atoms with Crippen LogP contribution in [-0.4, -0.2) is 11.9 Å². The Bertz CT molecular complexity index is 350. The Kier molecular flexibility index (Phi) is 3.06. The van der Waals surface area contributed by atoms with Gasteiger partial charge in [0.15, 0.2) is 0 Å². The zero-order valence-corrected chi connectivity index (χ0v) is 8.17. The first-order chi connectivity index (χ1) is 6.50. The molecule has 76 valence electrons. The number of amides is 1. The zero-order valence-electron chi connectivity index (χ0n) is 8.17. The van der Waals surface area contributed by atoms with Crippen LogP contribution in [0.2, 0.25) is 0 Å². The molecule has 0 saturated heterocycles. The van der Waals surface area contributed by atoms with E-state index in [2.05, 4.69) is 5.32 Å². The Morgan fingerprint density at radius 2 is 2.14 bits per heavy atom. The van der Waals surface area contributed by atoms with E-state index in [9.17, 15) is 9.18 Å². The van der Waals surface area contributed by atoms with E-state index in [-0.39, 0.29) is 11.6 Å². The van der Waals surface area contributed by atoms with Crippen LogP contribution in [0, 0.1) is 5.82 Å². The van der Waals surface area contributed by atoms with Gasteiger partial charge in [-0.1, -0.05) is 0 Å². The Hall–Kier alpha value is -1.58. The number of primary amides is 1. The predicted molar refractivity (Wildman–Crippen MR) is 53.7 cm³/mol. The van der Waals surface area contributed by atoms with Crippen LogP contribution in [0.3, 0.4) is 0 Å². The minimum atomic E-state index is -0.751. The number of halogens is 1. The monoisotopic (exact) mass is 196 g/mol. The van der Waals surface area contributed by atoms with Crippen molar-refractivity contribution in [2.45, 2.75) is 19.9 Å². The third-order valence-corrected chi connectivity index (χ3v) is 1.69. The lowest BCUT2D eigenvalue weighted by Crippen LogP contribution is -2.14. The molecule has 14 heavy (non-hydrogen) atoms. The maximum Gasteiger partial charge on any atom is 0.251 e. The summed E-state index contributed by atoms with van der Waals surface area (Å²) in [7, 11) is 0. The lowest BCUT2D eigenvalue weighted by atomic mass is 10.2. The van der Waals surface area contributed by atoms with Crippen LogP contribution in [0.15, 0.2) is 18.2 Å². The van der Waals surface area contributed by atoms with Gasteiger partial charge in [0.25, 0.3) is 5.91 Å². The molecule has 0 unspecified atom stereocenters. The fourth-order valence-corrected chi connectivity index (χ4v) is 1.14. The van der Waals surface area contributed by atoms with E-state index in [1.807, 2.05) is 13.8 Å². The summed E-state index contributed by atoms with van der Waals surface area (Å²) in [5.41, 5.74) is 5.52. The summed E-state index contributed by atoms with van der Waals surface area (Å²) in [4.78, 5) is 10.7. The minimum absolute atomic E-state index is 0.0840. The fourth-order valence-electron chi connectivity index (χ4n) is 1.14. The summed E-state index contributed by atoms with van der Waals surface area (Å²) in [5, 5.41) is 3.02. The van der Waals surface area contributed by atoms with Gasteiger partial charge in [-0.15, -0.1) is 0 Å². The van der Waals surface area contributed by atoms with Crippen LogP contribution in [0.5, 0.6) is 0 Å². The average molecular weight is 196 g/mol. The number of hydrogen-bond acceptors (Lipinski definition) is 2. The van der Waals surface area contributed by atoms with Crippen molar-refractivity contribution in [2.24, 2.45) is 5.73 Å². The third-order valence-electron chi connectivity index (χ3n) is 1.69. The highest BCUT2D eigenvalue weighted by molar-refractivity contribution is 5.93. The van der Waals surface area contributed by atoms with Crippen LogP contribution in [0.25, 0.3) is 0 Å². The number of rotatable bonds is 3. The highest BCUT2D eigenvalue weighted by Gasteiger charge is 2.08. The van der Waals surface area contributed by atoms with Crippen LogP contribution in [0.1, 0.15) is 24.2 Å². The van der Waals surface area contributed by atoms with Gasteiger partial charge in [0, 0.05) is 11.7 Å². The first kappa shape index (κ1) is 10.5. The molecule has 0 aliphatic heterocycles. The van der Waals surface area contributed by atoms with E-state index in [4.69, 9.17) is 5.73 Å². The summed E-state index contributed by atoms with van der Waals surface area (Å²) >= 11 is 0. The summed E-state index contributed by atoms with van der Waals surface area (Å²) in [5.74, 6) is -1.35. The van der Waals surface area contributed by atoms with E-state index in [0.29, 0.717) is 5.69 Å². The van der Waals surface area contributed by atoms with Crippen LogP contribution >= 0.6 is 0 Å². The maximum absolute atomic E-state index is 13.2. The van der Waals surface area contributed by atoms with E-state index in [0.717, 1.165) is 0 Å². The Morgan fingerprint density at radius 1 is 1.50 bits per heavy atom. The predicted octanol–water partition coefficient (Wildman–Crippen LogP) is 1.74. The number of carbonyl (C=O) groups excluding carboxylic acids is 1. The Labute approximate surface area is 82.1 Å². The van der Waals surface area contributed by atoms with Gasteiger partial charge in [0.2, 0.25) is 0 Å². The molecule has 0 bridgehead atoms. The Morgan fingerprint density at radius 3 is 2.57 bits per heavy atom. The molecule has 0 aromatic heterocycles. The quantitative estimate of drug-likeness (QED) is 0.773. The SMILES string of the molecule is CC(C)Nc1ccc(C(N)=O)c(F)c1. The van der Waals surface area contributed by atoms with Crippen molar-refractivity contribution in [3.8, 4) is 0 Å². The molecule has 0 fully saturated rings. The second kappa shape index (κ2) is 4.09. The first-order valence-corrected chi connectivity index (χ1v) is 4.36. The first-order valence-electron chi connectivity index (χ1n) is 4.36. The summed E-state index contributed by atoms with van der Waals surface area (Å²) in [6.45, 7) is 3.89. The lowest BCUT2D eigenvalue weighted by Gasteiger charge is -2.10. The van der Waals surface area contributed by atoms with Crippen molar-refractivity contribution in [3.63, 3.8) is 0 Å². The van der Waals surface area contributed by atoms with Crippen LogP contribution < -0.4 is 11.1 Å². The number of nitrogens with two attached hydrogens (primary N) is 1. The number of anilines is 1. The van der Waals surface area contributed by atoms with Gasteiger partial charge in [-0.2, -0.15) is 0 Å². The number of benzene rings is 1. The lowest BCUT2D eigenvalue weighted by molar-refractivity contribution is 0.0996. The van der Waals surface area contributed by atoms with Crippen molar-refractivity contribution < 1.29 is 9.18 Å². The zero-order chi connectivity index (χ0) is 10.7. The summed E-state index contributed by atoms with van der Waals surface area (Å²) in [6.07, 6.45) is 0. The molecular weight excluding hydrogens is 183 g/mol. The molecule has 3 nitrogen and oxygen atoms in total. The number of carbonyl (C=O) groups is 1. The van der Waals surface area contributed by atoms with Crippen molar-refractivity contribution >= 4 is 11.6 Å². The molecule has 1 amide bonds. The summed E-state index contributed by atoms with van der Waals surface area (Å²) in [6, 6.07) is 4.49. The van der Waals surface area contributed by atoms with Crippen LogP contribution in [-0.2, 0) is 0 Å². The fraction of sp³-hybridized carbons (Fsp3) is 0.300. The summed E-state index contributed by atoms with van der Waals surface area (Å²) < 4.78 is 13.2. The smallest absolute Gasteiger partial charge is 0.251 e. The molecule has 4 heteroatoms. The second-order valence-electron chi connectivity index (χ2n) is 3.36.